The molecule has 0 unspecified atom stereocenters. The van der Waals surface area contributed by atoms with Gasteiger partial charge in [0.25, 0.3) is 0 Å². The summed E-state index contributed by atoms with van der Waals surface area (Å²) in [7, 11) is -9.41. The van der Waals surface area contributed by atoms with Gasteiger partial charge in [-0.25, -0.2) is 9.79 Å². The summed E-state index contributed by atoms with van der Waals surface area (Å²) >= 11 is 3.77. The van der Waals surface area contributed by atoms with Gasteiger partial charge in [0.1, 0.15) is 0 Å². The Hall–Kier alpha value is 0.0351. The molecule has 0 heterocycles. The lowest BCUT2D eigenvalue weighted by Gasteiger charge is -2.35. The van der Waals surface area contributed by atoms with Gasteiger partial charge < -0.3 is 0 Å². The molecule has 0 N–H and O–H groups in total. The molecule has 0 aliphatic heterocycles. The minimum atomic E-state index is -1.41. The zero-order valence-electron chi connectivity index (χ0n) is 46.7. The highest BCUT2D eigenvalue weighted by Gasteiger charge is 2.36. The average Bonchev–Trinajstić information content (AvgIpc) is 3.18. The second-order valence-corrected chi connectivity index (χ2v) is 68.1. The maximum absolute atomic E-state index is 10.7. The van der Waals surface area contributed by atoms with Crippen molar-refractivity contribution in [1.29, 1.82) is 0 Å². The quantitative estimate of drug-likeness (QED) is 0.0149. The maximum Gasteiger partial charge on any atom is 0.234 e. The van der Waals surface area contributed by atoms with Gasteiger partial charge in [-0.3, -0.25) is 0 Å². The lowest BCUT2D eigenvalue weighted by atomic mass is 10.5. The average molecular weight is 1110 g/mol. The van der Waals surface area contributed by atoms with Crippen molar-refractivity contribution in [1.82, 2.24) is 0 Å². The molecule has 0 aliphatic carbocycles. The van der Waals surface area contributed by atoms with Crippen LogP contribution in [0.5, 0.6) is 0 Å². The first kappa shape index (κ1) is 68.1. The van der Waals surface area contributed by atoms with Crippen molar-refractivity contribution < 1.29 is 4.79 Å². The van der Waals surface area contributed by atoms with Gasteiger partial charge >= 0.3 is 0 Å². The van der Waals surface area contributed by atoms with Crippen LogP contribution >= 0.6 is 15.9 Å². The largest absolute Gasteiger partial charge is 0.234 e. The van der Waals surface area contributed by atoms with Gasteiger partial charge in [0.2, 0.25) is 6.08 Å². The maximum atomic E-state index is 10.7. The van der Waals surface area contributed by atoms with E-state index in [-0.39, 0.29) is 0 Å². The van der Waals surface area contributed by atoms with E-state index in [1.807, 2.05) is 0 Å². The Kier molecular flexibility index (Phi) is 37.2. The van der Waals surface area contributed by atoms with Crippen molar-refractivity contribution in [2.75, 3.05) is 11.9 Å². The fourth-order valence-electron chi connectivity index (χ4n) is 11.1. The topological polar surface area (TPSA) is 29.4 Å². The first-order valence-corrected chi connectivity index (χ1v) is 54.2. The first-order valence-electron chi connectivity index (χ1n) is 27.0. The third kappa shape index (κ3) is 36.0. The predicted octanol–water partition coefficient (Wildman–Crippen LogP) is 21.1. The van der Waals surface area contributed by atoms with Gasteiger partial charge in [0.05, 0.1) is 71.1 Å². The lowest BCUT2D eigenvalue weighted by Crippen LogP contribution is -2.37. The molecule has 0 aromatic rings. The minimum Gasteiger partial charge on any atom is -0.211 e. The molecule has 0 aromatic carbocycles. The van der Waals surface area contributed by atoms with E-state index in [9.17, 15) is 4.79 Å². The minimum absolute atomic E-state index is 0.669. The van der Waals surface area contributed by atoms with Crippen LogP contribution in [-0.4, -0.2) is 82.5 Å². The van der Waals surface area contributed by atoms with Gasteiger partial charge in [-0.05, 0) is 49.1 Å². The molecule has 0 rings (SSSR count). The molecule has 0 atom stereocenters. The molecule has 0 aliphatic rings. The third-order valence-electron chi connectivity index (χ3n) is 15.4. The number of rotatable bonds is 43. The van der Waals surface area contributed by atoms with Crippen LogP contribution in [0.3, 0.4) is 0 Å². The van der Waals surface area contributed by atoms with Crippen molar-refractivity contribution in [3.05, 3.63) is 75.9 Å². The number of isocyanates is 1. The molecule has 0 aromatic heterocycles. The number of hydrogen-bond donors (Lipinski definition) is 0. The van der Waals surface area contributed by atoms with E-state index in [0.29, 0.717) is 6.54 Å². The molecule has 0 spiro atoms. The Morgan fingerprint density at radius 3 is 0.727 bits per heavy atom. The number of allylic oxidation sites excluding steroid dienone is 6. The summed E-state index contributed by atoms with van der Waals surface area (Å²) in [5.41, 5.74) is 0. The standard InChI is InChI=1S/C28H57NOSi4.C27H57BrSi4/c1-10-18-31(4,5)21-14-25-34(24-13-17-29-28-30,26-15-22-32(6,7)19-11-2)27-16-23-33(8,9)20-12-3;1-10-18-29(4,5)21-14-25-32(24-13-17-28,26-15-22-30(6,7)19-11-2)27-16-23-31(8,9)20-12-3/h10-12H,1-3,13-27H2,4-9H3;10-12H,1-3,13-27H2,4-9H3. The van der Waals surface area contributed by atoms with Crippen molar-refractivity contribution in [2.24, 2.45) is 4.99 Å². The first-order chi connectivity index (χ1) is 30.7. The molecule has 0 bridgehead atoms. The summed E-state index contributed by atoms with van der Waals surface area (Å²) in [6.07, 6.45) is 25.9. The highest BCUT2D eigenvalue weighted by molar-refractivity contribution is 9.09. The smallest absolute Gasteiger partial charge is 0.211 e. The van der Waals surface area contributed by atoms with Crippen molar-refractivity contribution in [3.8, 4) is 0 Å². The zero-order valence-corrected chi connectivity index (χ0v) is 56.2. The summed E-state index contributed by atoms with van der Waals surface area (Å²) in [6, 6.07) is 28.4. The molecule has 0 radical (unpaired) electrons. The van der Waals surface area contributed by atoms with E-state index in [4.69, 9.17) is 0 Å². The number of hydrogen-bond acceptors (Lipinski definition) is 2. The second-order valence-electron chi connectivity index (χ2n) is 25.9. The predicted molar refractivity (Wildman–Crippen MR) is 337 cm³/mol. The number of alkyl halides is 1. The van der Waals surface area contributed by atoms with Crippen LogP contribution in [0.2, 0.25) is 199 Å². The van der Waals surface area contributed by atoms with E-state index in [1.165, 1.54) is 147 Å². The van der Waals surface area contributed by atoms with Crippen LogP contribution in [0, 0.1) is 0 Å². The van der Waals surface area contributed by atoms with E-state index in [0.717, 1.165) is 6.42 Å². The molecule has 11 heteroatoms. The zero-order chi connectivity index (χ0) is 50.9. The molecule has 0 amide bonds. The third-order valence-corrected chi connectivity index (χ3v) is 45.9. The molecule has 2 nitrogen and oxygen atoms in total. The highest BCUT2D eigenvalue weighted by atomic mass is 79.9. The summed E-state index contributed by atoms with van der Waals surface area (Å²) in [5, 5.41) is 1.19. The van der Waals surface area contributed by atoms with Crippen LogP contribution in [0.15, 0.2) is 80.9 Å². The fraction of sp³-hybridized carbons (Fsp3) is 0.764. The normalized spacial score (nSPS) is 13.0. The molecule has 0 saturated carbocycles. The molecule has 66 heavy (non-hydrogen) atoms. The van der Waals surface area contributed by atoms with Crippen LogP contribution in [0.1, 0.15) is 51.4 Å². The number of aliphatic imine (C=N–C) groups is 1. The fourth-order valence-corrected chi connectivity index (χ4v) is 37.2. The highest BCUT2D eigenvalue weighted by Crippen LogP contribution is 2.39. The van der Waals surface area contributed by atoms with Crippen LogP contribution in [0.25, 0.3) is 0 Å². The Labute approximate surface area is 431 Å². The molecule has 0 saturated heterocycles. The Morgan fingerprint density at radius 2 is 0.545 bits per heavy atom. The Bertz CT molecular complexity index is 1260. The number of carbonyl (C=O) groups excluding carboxylic acids is 1. The van der Waals surface area contributed by atoms with Crippen molar-refractivity contribution in [2.45, 2.75) is 251 Å². The molecule has 384 valence electrons. The van der Waals surface area contributed by atoms with Gasteiger partial charge in [-0.2, -0.15) is 0 Å². The van der Waals surface area contributed by atoms with Crippen LogP contribution in [0.4, 0.5) is 0 Å². The monoisotopic (exact) mass is 1110 g/mol. The Balaban J connectivity index is 0. The summed E-state index contributed by atoms with van der Waals surface area (Å²) < 4.78 is 0. The van der Waals surface area contributed by atoms with Crippen LogP contribution in [-0.2, 0) is 4.79 Å². The second kappa shape index (κ2) is 36.0. The van der Waals surface area contributed by atoms with Gasteiger partial charge in [0.15, 0.2) is 0 Å². The van der Waals surface area contributed by atoms with Gasteiger partial charge in [0, 0.05) is 5.33 Å². The van der Waals surface area contributed by atoms with E-state index in [1.54, 1.807) is 30.3 Å². The van der Waals surface area contributed by atoms with Crippen molar-refractivity contribution in [3.63, 3.8) is 0 Å². The Morgan fingerprint density at radius 1 is 0.348 bits per heavy atom. The summed E-state index contributed by atoms with van der Waals surface area (Å²) in [6.45, 7) is 55.4. The SMILES string of the molecule is C=CC[Si](C)(C)CCC[Si](CCCBr)(CCC[Si](C)(C)CC=C)CCC[Si](C)(C)CC=C.C=CC[Si](C)(C)CCC[Si](CCCN=C=O)(CCC[Si](C)(C)CC=C)CCC[Si](C)(C)CC=C. The van der Waals surface area contributed by atoms with Gasteiger partial charge in [-0.1, -0.05) is 254 Å². The molecule has 0 fully saturated rings. The number of nitrogens with zero attached hydrogens (tertiary/aromatic N) is 1. The van der Waals surface area contributed by atoms with E-state index < -0.39 is 64.6 Å². The van der Waals surface area contributed by atoms with E-state index in [2.05, 4.69) is 175 Å². The molecular weight excluding hydrogens is 995 g/mol. The van der Waals surface area contributed by atoms with E-state index >= 15 is 0 Å². The number of halogens is 1. The van der Waals surface area contributed by atoms with Crippen LogP contribution < -0.4 is 0 Å². The molecular formula is C55H114BrNOSi8. The summed E-state index contributed by atoms with van der Waals surface area (Å²) in [5.74, 6) is 0. The summed E-state index contributed by atoms with van der Waals surface area (Å²) in [4.78, 5) is 14.6. The van der Waals surface area contributed by atoms with Gasteiger partial charge in [-0.15, -0.1) is 39.5 Å². The van der Waals surface area contributed by atoms with Crippen molar-refractivity contribution >= 4 is 86.6 Å². The lowest BCUT2D eigenvalue weighted by molar-refractivity contribution is 0.562.